The summed E-state index contributed by atoms with van der Waals surface area (Å²) >= 11 is 0. The molecule has 26 heavy (non-hydrogen) atoms. The van der Waals surface area contributed by atoms with Crippen LogP contribution in [0.15, 0.2) is 54.9 Å². The van der Waals surface area contributed by atoms with Gasteiger partial charge in [-0.2, -0.15) is 0 Å². The summed E-state index contributed by atoms with van der Waals surface area (Å²) in [6.45, 7) is 6.01. The summed E-state index contributed by atoms with van der Waals surface area (Å²) in [6.07, 6.45) is 2.22. The molecule has 0 aliphatic carbocycles. The molecular weight excluding hydrogens is 326 g/mol. The lowest BCUT2D eigenvalue weighted by molar-refractivity contribution is -0.140. The van der Waals surface area contributed by atoms with E-state index in [0.717, 1.165) is 35.2 Å². The standard InChI is InChI=1S/C21H25N3O2/c1-3-25-21(26-4-2)17-11-9-16(10-12-17)13-14-22-20-18-7-5-6-8-19(18)23-15-24-20/h5-12,15,21H,3-4,13-14H2,1-2H3,(H,22,23,24). The number of nitrogens with zero attached hydrogens (tertiary/aromatic N) is 2. The van der Waals surface area contributed by atoms with Crippen LogP contribution in [0.5, 0.6) is 0 Å². The third-order valence-electron chi connectivity index (χ3n) is 4.14. The van der Waals surface area contributed by atoms with Crippen LogP contribution in [0.1, 0.15) is 31.3 Å². The van der Waals surface area contributed by atoms with E-state index in [9.17, 15) is 0 Å². The Bertz CT molecular complexity index is 810. The predicted molar refractivity (Wildman–Crippen MR) is 104 cm³/mol. The Balaban J connectivity index is 1.59. The molecule has 0 saturated heterocycles. The quantitative estimate of drug-likeness (QED) is 0.581. The monoisotopic (exact) mass is 351 g/mol. The zero-order chi connectivity index (χ0) is 18.2. The topological polar surface area (TPSA) is 56.3 Å². The van der Waals surface area contributed by atoms with Crippen molar-refractivity contribution >= 4 is 16.7 Å². The first-order chi connectivity index (χ1) is 12.8. The van der Waals surface area contributed by atoms with Gasteiger partial charge in [-0.25, -0.2) is 9.97 Å². The number of hydrogen-bond donors (Lipinski definition) is 1. The molecule has 0 spiro atoms. The Kier molecular flexibility index (Phi) is 6.52. The van der Waals surface area contributed by atoms with E-state index in [0.29, 0.717) is 13.2 Å². The number of fused-ring (bicyclic) bond motifs is 1. The maximum absolute atomic E-state index is 5.64. The molecule has 0 unspecified atom stereocenters. The van der Waals surface area contributed by atoms with Gasteiger partial charge in [-0.05, 0) is 38.0 Å². The van der Waals surface area contributed by atoms with Crippen LogP contribution in [0.25, 0.3) is 10.9 Å². The molecule has 0 aliphatic heterocycles. The SMILES string of the molecule is CCOC(OCC)c1ccc(CCNc2ncnc3ccccc23)cc1. The number of aromatic nitrogens is 2. The van der Waals surface area contributed by atoms with E-state index < -0.39 is 0 Å². The number of anilines is 1. The third-order valence-corrected chi connectivity index (χ3v) is 4.14. The Labute approximate surface area is 154 Å². The van der Waals surface area contributed by atoms with Gasteiger partial charge in [0.15, 0.2) is 6.29 Å². The first-order valence-electron chi connectivity index (χ1n) is 9.07. The second kappa shape index (κ2) is 9.27. The van der Waals surface area contributed by atoms with Crippen LogP contribution >= 0.6 is 0 Å². The van der Waals surface area contributed by atoms with E-state index in [1.54, 1.807) is 6.33 Å². The highest BCUT2D eigenvalue weighted by Gasteiger charge is 2.10. The van der Waals surface area contributed by atoms with Gasteiger partial charge in [0, 0.05) is 30.7 Å². The zero-order valence-electron chi connectivity index (χ0n) is 15.3. The minimum atomic E-state index is -0.287. The van der Waals surface area contributed by atoms with E-state index in [1.165, 1.54) is 5.56 Å². The highest BCUT2D eigenvalue weighted by Crippen LogP contribution is 2.20. The normalized spacial score (nSPS) is 11.2. The van der Waals surface area contributed by atoms with Gasteiger partial charge >= 0.3 is 0 Å². The predicted octanol–water partition coefficient (Wildman–Crippen LogP) is 4.36. The number of nitrogens with one attached hydrogen (secondary N) is 1. The molecule has 3 aromatic rings. The van der Waals surface area contributed by atoms with Gasteiger partial charge in [-0.3, -0.25) is 0 Å². The first-order valence-corrected chi connectivity index (χ1v) is 9.07. The van der Waals surface area contributed by atoms with Gasteiger partial charge in [-0.1, -0.05) is 36.4 Å². The molecule has 2 aromatic carbocycles. The summed E-state index contributed by atoms with van der Waals surface area (Å²) < 4.78 is 11.3. The second-order valence-corrected chi connectivity index (χ2v) is 5.90. The summed E-state index contributed by atoms with van der Waals surface area (Å²) in [4.78, 5) is 8.65. The molecule has 0 fully saturated rings. The van der Waals surface area contributed by atoms with Crippen molar-refractivity contribution in [2.45, 2.75) is 26.6 Å². The number of ether oxygens (including phenoxy) is 2. The zero-order valence-corrected chi connectivity index (χ0v) is 15.3. The fourth-order valence-electron chi connectivity index (χ4n) is 2.86. The van der Waals surface area contributed by atoms with E-state index in [2.05, 4.69) is 39.6 Å². The fourth-order valence-corrected chi connectivity index (χ4v) is 2.86. The maximum atomic E-state index is 5.64. The average Bonchev–Trinajstić information content (AvgIpc) is 2.69. The van der Waals surface area contributed by atoms with Crippen molar-refractivity contribution in [3.05, 3.63) is 66.0 Å². The lowest BCUT2D eigenvalue weighted by atomic mass is 10.1. The highest BCUT2D eigenvalue weighted by atomic mass is 16.7. The van der Waals surface area contributed by atoms with E-state index in [4.69, 9.17) is 9.47 Å². The van der Waals surface area contributed by atoms with Crippen LogP contribution in [0.4, 0.5) is 5.82 Å². The van der Waals surface area contributed by atoms with Crippen LogP contribution in [-0.2, 0) is 15.9 Å². The first kappa shape index (κ1) is 18.3. The molecule has 136 valence electrons. The Hall–Kier alpha value is -2.50. The molecular formula is C21H25N3O2. The van der Waals surface area contributed by atoms with Crippen molar-refractivity contribution in [1.29, 1.82) is 0 Å². The van der Waals surface area contributed by atoms with E-state index in [-0.39, 0.29) is 6.29 Å². The summed E-state index contributed by atoms with van der Waals surface area (Å²) in [6, 6.07) is 16.4. The minimum absolute atomic E-state index is 0.287. The second-order valence-electron chi connectivity index (χ2n) is 5.90. The van der Waals surface area contributed by atoms with Crippen molar-refractivity contribution in [2.75, 3.05) is 25.1 Å². The smallest absolute Gasteiger partial charge is 0.183 e. The molecule has 0 aliphatic rings. The summed E-state index contributed by atoms with van der Waals surface area (Å²) in [5.74, 6) is 0.875. The lowest BCUT2D eigenvalue weighted by Crippen LogP contribution is -2.09. The van der Waals surface area contributed by atoms with Crippen molar-refractivity contribution in [3.8, 4) is 0 Å². The summed E-state index contributed by atoms with van der Waals surface area (Å²) in [5, 5.41) is 4.46. The van der Waals surface area contributed by atoms with Gasteiger partial charge in [0.1, 0.15) is 12.1 Å². The van der Waals surface area contributed by atoms with Crippen LogP contribution in [0.2, 0.25) is 0 Å². The van der Waals surface area contributed by atoms with Crippen molar-refractivity contribution in [3.63, 3.8) is 0 Å². The highest BCUT2D eigenvalue weighted by molar-refractivity contribution is 5.88. The van der Waals surface area contributed by atoms with E-state index in [1.807, 2.05) is 38.1 Å². The molecule has 1 aromatic heterocycles. The Morgan fingerprint density at radius 1 is 0.923 bits per heavy atom. The molecule has 3 rings (SSSR count). The average molecular weight is 351 g/mol. The van der Waals surface area contributed by atoms with Crippen LogP contribution in [0, 0.1) is 0 Å². The fraction of sp³-hybridized carbons (Fsp3) is 0.333. The van der Waals surface area contributed by atoms with Gasteiger partial charge in [0.05, 0.1) is 5.52 Å². The number of hydrogen-bond acceptors (Lipinski definition) is 5. The number of benzene rings is 2. The minimum Gasteiger partial charge on any atom is -0.369 e. The van der Waals surface area contributed by atoms with E-state index >= 15 is 0 Å². The van der Waals surface area contributed by atoms with Gasteiger partial charge in [-0.15, -0.1) is 0 Å². The number of para-hydroxylation sites is 1. The molecule has 0 bridgehead atoms. The molecule has 5 heteroatoms. The molecule has 0 radical (unpaired) electrons. The van der Waals surface area contributed by atoms with Gasteiger partial charge in [0.25, 0.3) is 0 Å². The molecule has 0 saturated carbocycles. The molecule has 1 N–H and O–H groups in total. The molecule has 5 nitrogen and oxygen atoms in total. The van der Waals surface area contributed by atoms with Gasteiger partial charge < -0.3 is 14.8 Å². The van der Waals surface area contributed by atoms with Crippen LogP contribution in [-0.4, -0.2) is 29.7 Å². The maximum Gasteiger partial charge on any atom is 0.183 e. The lowest BCUT2D eigenvalue weighted by Gasteiger charge is -2.17. The van der Waals surface area contributed by atoms with Crippen molar-refractivity contribution < 1.29 is 9.47 Å². The van der Waals surface area contributed by atoms with Crippen LogP contribution in [0.3, 0.4) is 0 Å². The largest absolute Gasteiger partial charge is 0.369 e. The summed E-state index contributed by atoms with van der Waals surface area (Å²) in [7, 11) is 0. The number of rotatable bonds is 9. The molecule has 0 atom stereocenters. The Morgan fingerprint density at radius 3 is 2.38 bits per heavy atom. The van der Waals surface area contributed by atoms with Gasteiger partial charge in [0.2, 0.25) is 0 Å². The molecule has 0 amide bonds. The molecule has 1 heterocycles. The summed E-state index contributed by atoms with van der Waals surface area (Å²) in [5.41, 5.74) is 3.26. The van der Waals surface area contributed by atoms with Crippen LogP contribution < -0.4 is 5.32 Å². The van der Waals surface area contributed by atoms with Crippen molar-refractivity contribution in [1.82, 2.24) is 9.97 Å². The third kappa shape index (κ3) is 4.56. The Morgan fingerprint density at radius 2 is 1.65 bits per heavy atom. The van der Waals surface area contributed by atoms with Crippen molar-refractivity contribution in [2.24, 2.45) is 0 Å².